The number of likely N-dealkylation sites (N-methyl/N-ethyl adjacent to an activating group) is 1. The second-order valence-corrected chi connectivity index (χ2v) is 7.47. The number of aliphatic hydroxyl groups is 1. The predicted octanol–water partition coefficient (Wildman–Crippen LogP) is -0.498. The maximum Gasteiger partial charge on any atom is 0.241 e. The van der Waals surface area contributed by atoms with Crippen LogP contribution in [0.15, 0.2) is 0 Å². The Bertz CT molecular complexity index is 540. The molecule has 0 saturated carbocycles. The van der Waals surface area contributed by atoms with Crippen LogP contribution in [0.2, 0.25) is 0 Å². The summed E-state index contributed by atoms with van der Waals surface area (Å²) in [6.45, 7) is 5.81. The van der Waals surface area contributed by atoms with Crippen LogP contribution in [0.1, 0.15) is 40.0 Å². The quantitative estimate of drug-likeness (QED) is 0.711. The van der Waals surface area contributed by atoms with Crippen molar-refractivity contribution in [2.24, 2.45) is 0 Å². The van der Waals surface area contributed by atoms with Crippen LogP contribution in [0.5, 0.6) is 0 Å². The topological polar surface area (TPSA) is 99.2 Å². The second kappa shape index (κ2) is 7.29. The molecule has 0 bridgehead atoms. The first-order chi connectivity index (χ1) is 11.6. The van der Waals surface area contributed by atoms with Crippen LogP contribution >= 0.6 is 0 Å². The summed E-state index contributed by atoms with van der Waals surface area (Å²) in [5.41, 5.74) is -1.52. The molecule has 2 saturated heterocycles. The van der Waals surface area contributed by atoms with Gasteiger partial charge in [-0.15, -0.1) is 0 Å². The fourth-order valence-electron chi connectivity index (χ4n) is 3.62. The van der Waals surface area contributed by atoms with Crippen LogP contribution in [-0.4, -0.2) is 83.2 Å². The minimum Gasteiger partial charge on any atom is -0.386 e. The molecule has 0 aromatic carbocycles. The van der Waals surface area contributed by atoms with Crippen molar-refractivity contribution in [3.8, 4) is 0 Å². The highest BCUT2D eigenvalue weighted by Crippen LogP contribution is 2.40. The van der Waals surface area contributed by atoms with Gasteiger partial charge >= 0.3 is 0 Å². The number of nitrogens with zero attached hydrogens (tertiary/aromatic N) is 2. The normalized spacial score (nSPS) is 28.5. The van der Waals surface area contributed by atoms with E-state index in [1.165, 1.54) is 13.8 Å². The lowest BCUT2D eigenvalue weighted by Crippen LogP contribution is -2.64. The third kappa shape index (κ3) is 4.49. The standard InChI is InChI=1S/C17H29N3O5/c1-12(21)18-10-15(23)20-7-5-17(6-8-20)9-14(19(4)13(2)22)16(3,24)11-25-17/h14,24H,5-11H2,1-4H3,(H,18,21)/t14-,16-/m0/s1. The average molecular weight is 355 g/mol. The van der Waals surface area contributed by atoms with E-state index in [-0.39, 0.29) is 36.9 Å². The smallest absolute Gasteiger partial charge is 0.241 e. The Morgan fingerprint density at radius 2 is 1.88 bits per heavy atom. The summed E-state index contributed by atoms with van der Waals surface area (Å²) in [6.07, 6.45) is 1.85. The van der Waals surface area contributed by atoms with Gasteiger partial charge < -0.3 is 25.0 Å². The summed E-state index contributed by atoms with van der Waals surface area (Å²) in [5.74, 6) is -0.426. The third-order valence-corrected chi connectivity index (χ3v) is 5.43. The number of rotatable bonds is 3. The number of hydrogen-bond donors (Lipinski definition) is 2. The number of carbonyl (C=O) groups is 3. The second-order valence-electron chi connectivity index (χ2n) is 7.47. The first-order valence-corrected chi connectivity index (χ1v) is 8.68. The Kier molecular flexibility index (Phi) is 5.73. The molecule has 0 aromatic rings. The van der Waals surface area contributed by atoms with Gasteiger partial charge in [0.05, 0.1) is 24.8 Å². The molecular weight excluding hydrogens is 326 g/mol. The summed E-state index contributed by atoms with van der Waals surface area (Å²) in [7, 11) is 1.70. The van der Waals surface area contributed by atoms with Crippen LogP contribution in [-0.2, 0) is 19.1 Å². The number of piperidine rings is 1. The van der Waals surface area contributed by atoms with Crippen molar-refractivity contribution in [3.63, 3.8) is 0 Å². The molecule has 0 aliphatic carbocycles. The summed E-state index contributed by atoms with van der Waals surface area (Å²) < 4.78 is 6.01. The van der Waals surface area contributed by atoms with Gasteiger partial charge in [0.25, 0.3) is 0 Å². The summed E-state index contributed by atoms with van der Waals surface area (Å²) >= 11 is 0. The highest BCUT2D eigenvalue weighted by molar-refractivity contribution is 5.83. The van der Waals surface area contributed by atoms with Crippen molar-refractivity contribution < 1.29 is 24.2 Å². The fraction of sp³-hybridized carbons (Fsp3) is 0.824. The van der Waals surface area contributed by atoms with Gasteiger partial charge in [-0.2, -0.15) is 0 Å². The van der Waals surface area contributed by atoms with Crippen molar-refractivity contribution >= 4 is 17.7 Å². The molecule has 25 heavy (non-hydrogen) atoms. The van der Waals surface area contributed by atoms with Gasteiger partial charge in [-0.3, -0.25) is 14.4 Å². The highest BCUT2D eigenvalue weighted by Gasteiger charge is 2.50. The highest BCUT2D eigenvalue weighted by atomic mass is 16.5. The van der Waals surface area contributed by atoms with Crippen molar-refractivity contribution in [1.82, 2.24) is 15.1 Å². The molecule has 3 amide bonds. The first kappa shape index (κ1) is 19.7. The van der Waals surface area contributed by atoms with Gasteiger partial charge in [-0.05, 0) is 26.2 Å². The van der Waals surface area contributed by atoms with Crippen LogP contribution in [0, 0.1) is 0 Å². The number of ether oxygens (including phenoxy) is 1. The number of nitrogens with one attached hydrogen (secondary N) is 1. The molecule has 2 atom stereocenters. The Labute approximate surface area is 148 Å². The molecular formula is C17H29N3O5. The minimum absolute atomic E-state index is 0.00754. The molecule has 142 valence electrons. The fourth-order valence-corrected chi connectivity index (χ4v) is 3.62. The van der Waals surface area contributed by atoms with E-state index >= 15 is 0 Å². The molecule has 1 spiro atoms. The van der Waals surface area contributed by atoms with Crippen LogP contribution in [0.25, 0.3) is 0 Å². The van der Waals surface area contributed by atoms with Gasteiger partial charge in [0.2, 0.25) is 17.7 Å². The number of amides is 3. The zero-order valence-corrected chi connectivity index (χ0v) is 15.5. The van der Waals surface area contributed by atoms with E-state index in [2.05, 4.69) is 5.32 Å². The van der Waals surface area contributed by atoms with Gasteiger partial charge in [0, 0.05) is 34.0 Å². The van der Waals surface area contributed by atoms with Crippen LogP contribution < -0.4 is 5.32 Å². The zero-order valence-electron chi connectivity index (χ0n) is 15.5. The molecule has 2 aliphatic rings. The molecule has 2 rings (SSSR count). The van der Waals surface area contributed by atoms with Crippen molar-refractivity contribution in [2.75, 3.05) is 33.3 Å². The van der Waals surface area contributed by atoms with E-state index in [1.807, 2.05) is 0 Å². The van der Waals surface area contributed by atoms with E-state index in [9.17, 15) is 19.5 Å². The molecule has 2 fully saturated rings. The third-order valence-electron chi connectivity index (χ3n) is 5.43. The summed E-state index contributed by atoms with van der Waals surface area (Å²) in [4.78, 5) is 38.1. The predicted molar refractivity (Wildman–Crippen MR) is 90.7 cm³/mol. The maximum atomic E-state index is 12.1. The summed E-state index contributed by atoms with van der Waals surface area (Å²) in [6, 6.07) is -0.319. The molecule has 8 heteroatoms. The SMILES string of the molecule is CC(=O)NCC(=O)N1CCC2(CC1)C[C@H](N(C)C(C)=O)[C@@](C)(O)CO2. The molecule has 8 nitrogen and oxygen atoms in total. The lowest BCUT2D eigenvalue weighted by atomic mass is 9.77. The van der Waals surface area contributed by atoms with Crippen LogP contribution in [0.4, 0.5) is 0 Å². The lowest BCUT2D eigenvalue weighted by molar-refractivity contribution is -0.209. The number of carbonyl (C=O) groups excluding carboxylic acids is 3. The molecule has 2 N–H and O–H groups in total. The summed E-state index contributed by atoms with van der Waals surface area (Å²) in [5, 5.41) is 13.1. The zero-order chi connectivity index (χ0) is 18.8. The average Bonchev–Trinajstić information content (AvgIpc) is 2.55. The number of hydrogen-bond acceptors (Lipinski definition) is 5. The Hall–Kier alpha value is -1.67. The van der Waals surface area contributed by atoms with Crippen molar-refractivity contribution in [3.05, 3.63) is 0 Å². The largest absolute Gasteiger partial charge is 0.386 e. The molecule has 0 radical (unpaired) electrons. The number of likely N-dealkylation sites (tertiary alicyclic amines) is 1. The molecule has 0 aromatic heterocycles. The van der Waals surface area contributed by atoms with Gasteiger partial charge in [-0.25, -0.2) is 0 Å². The minimum atomic E-state index is -1.09. The van der Waals surface area contributed by atoms with E-state index in [0.29, 0.717) is 32.4 Å². The Morgan fingerprint density at radius 3 is 2.40 bits per heavy atom. The van der Waals surface area contributed by atoms with E-state index in [0.717, 1.165) is 0 Å². The first-order valence-electron chi connectivity index (χ1n) is 8.68. The monoisotopic (exact) mass is 355 g/mol. The maximum absolute atomic E-state index is 12.1. The lowest BCUT2D eigenvalue weighted by Gasteiger charge is -2.52. The van der Waals surface area contributed by atoms with E-state index in [4.69, 9.17) is 4.74 Å². The molecule has 2 heterocycles. The Morgan fingerprint density at radius 1 is 1.28 bits per heavy atom. The van der Waals surface area contributed by atoms with Crippen LogP contribution in [0.3, 0.4) is 0 Å². The molecule has 2 aliphatic heterocycles. The van der Waals surface area contributed by atoms with Gasteiger partial charge in [0.1, 0.15) is 5.60 Å². The molecule has 0 unspecified atom stereocenters. The van der Waals surface area contributed by atoms with E-state index < -0.39 is 11.2 Å². The Balaban J connectivity index is 1.99. The van der Waals surface area contributed by atoms with Crippen molar-refractivity contribution in [1.29, 1.82) is 0 Å². The van der Waals surface area contributed by atoms with E-state index in [1.54, 1.807) is 23.8 Å². The van der Waals surface area contributed by atoms with Gasteiger partial charge in [-0.1, -0.05) is 0 Å². The van der Waals surface area contributed by atoms with Gasteiger partial charge in [0.15, 0.2) is 0 Å². The van der Waals surface area contributed by atoms with Crippen molar-refractivity contribution in [2.45, 2.75) is 57.3 Å².